The Hall–Kier alpha value is -1.23. The van der Waals surface area contributed by atoms with Crippen molar-refractivity contribution < 1.29 is 9.94 Å². The van der Waals surface area contributed by atoms with Crippen molar-refractivity contribution in [3.63, 3.8) is 0 Å². The first kappa shape index (κ1) is 11.3. The van der Waals surface area contributed by atoms with Crippen molar-refractivity contribution in [1.82, 2.24) is 0 Å². The van der Waals surface area contributed by atoms with Gasteiger partial charge in [0.1, 0.15) is 5.75 Å². The van der Waals surface area contributed by atoms with Crippen LogP contribution in [0.15, 0.2) is 27.8 Å². The molecule has 0 spiro atoms. The summed E-state index contributed by atoms with van der Waals surface area (Å²) in [7, 11) is 0. The second-order valence-electron chi connectivity index (χ2n) is 3.85. The molecule has 1 fully saturated rings. The fourth-order valence-corrected chi connectivity index (χ4v) is 1.97. The Morgan fingerprint density at radius 2 is 2.31 bits per heavy atom. The summed E-state index contributed by atoms with van der Waals surface area (Å²) in [5, 5.41) is 11.7. The van der Waals surface area contributed by atoms with Crippen molar-refractivity contribution in [3.05, 3.63) is 28.2 Å². The number of halogens is 1. The van der Waals surface area contributed by atoms with Gasteiger partial charge in [0.25, 0.3) is 0 Å². The number of oxime groups is 1. The van der Waals surface area contributed by atoms with Gasteiger partial charge in [-0.1, -0.05) is 11.2 Å². The van der Waals surface area contributed by atoms with Crippen LogP contribution in [-0.4, -0.2) is 17.6 Å². The lowest BCUT2D eigenvalue weighted by molar-refractivity contribution is 0.297. The van der Waals surface area contributed by atoms with Crippen LogP contribution in [0.2, 0.25) is 0 Å². The molecule has 2 rings (SSSR count). The number of hydrogen-bond acceptors (Lipinski definition) is 3. The van der Waals surface area contributed by atoms with Crippen LogP contribution in [0.25, 0.3) is 0 Å². The largest absolute Gasteiger partial charge is 0.492 e. The predicted octanol–water partition coefficient (Wildman–Crippen LogP) is 2.33. The van der Waals surface area contributed by atoms with Crippen LogP contribution < -0.4 is 10.5 Å². The maximum atomic E-state index is 8.71. The average molecular weight is 285 g/mol. The van der Waals surface area contributed by atoms with Crippen molar-refractivity contribution in [2.24, 2.45) is 16.8 Å². The van der Waals surface area contributed by atoms with Gasteiger partial charge in [0, 0.05) is 4.47 Å². The molecule has 0 aliphatic heterocycles. The molecule has 0 amide bonds. The van der Waals surface area contributed by atoms with Gasteiger partial charge in [-0.2, -0.15) is 0 Å². The van der Waals surface area contributed by atoms with Gasteiger partial charge in [-0.25, -0.2) is 0 Å². The zero-order chi connectivity index (χ0) is 11.5. The molecule has 0 aromatic heterocycles. The number of nitrogens with two attached hydrogens (primary N) is 1. The van der Waals surface area contributed by atoms with E-state index in [2.05, 4.69) is 21.1 Å². The molecular formula is C11H13BrN2O2. The second kappa shape index (κ2) is 4.74. The molecule has 0 saturated heterocycles. The Labute approximate surface area is 102 Å². The Bertz CT molecular complexity index is 416. The molecule has 1 aromatic rings. The Morgan fingerprint density at radius 3 is 2.94 bits per heavy atom. The molecule has 0 atom stereocenters. The van der Waals surface area contributed by atoms with Crippen LogP contribution in [0, 0.1) is 5.92 Å². The van der Waals surface area contributed by atoms with Crippen molar-refractivity contribution in [3.8, 4) is 5.75 Å². The number of hydrogen-bond donors (Lipinski definition) is 2. The summed E-state index contributed by atoms with van der Waals surface area (Å²) in [6.45, 7) is 0.697. The molecule has 0 unspecified atom stereocenters. The zero-order valence-electron chi connectivity index (χ0n) is 8.69. The minimum atomic E-state index is 0.0540. The molecule has 1 aromatic carbocycles. The lowest BCUT2D eigenvalue weighted by atomic mass is 10.2. The van der Waals surface area contributed by atoms with Crippen LogP contribution in [-0.2, 0) is 0 Å². The van der Waals surface area contributed by atoms with E-state index < -0.39 is 0 Å². The summed E-state index contributed by atoms with van der Waals surface area (Å²) < 4.78 is 6.42. The fourth-order valence-electron chi connectivity index (χ4n) is 1.42. The highest BCUT2D eigenvalue weighted by Gasteiger charge is 2.23. The monoisotopic (exact) mass is 284 g/mol. The topological polar surface area (TPSA) is 67.8 Å². The fraction of sp³-hybridized carbons (Fsp3) is 0.364. The smallest absolute Gasteiger partial charge is 0.174 e. The van der Waals surface area contributed by atoms with Gasteiger partial charge in [0.2, 0.25) is 0 Å². The third kappa shape index (κ3) is 2.47. The van der Waals surface area contributed by atoms with Gasteiger partial charge < -0.3 is 15.7 Å². The molecule has 3 N–H and O–H groups in total. The molecular weight excluding hydrogens is 272 g/mol. The minimum Gasteiger partial charge on any atom is -0.492 e. The standard InChI is InChI=1S/C11H13BrN2O2/c12-8-2-1-3-9(10(8)11(13)14-15)16-6-7-4-5-7/h1-3,7,15H,4-6H2,(H2,13,14). The van der Waals surface area contributed by atoms with Crippen molar-refractivity contribution in [1.29, 1.82) is 0 Å². The maximum Gasteiger partial charge on any atom is 0.174 e. The lowest BCUT2D eigenvalue weighted by Crippen LogP contribution is -2.16. The van der Waals surface area contributed by atoms with E-state index in [1.54, 1.807) is 0 Å². The van der Waals surface area contributed by atoms with E-state index in [0.717, 1.165) is 4.47 Å². The molecule has 1 saturated carbocycles. The molecule has 5 heteroatoms. The highest BCUT2D eigenvalue weighted by molar-refractivity contribution is 9.10. The molecule has 86 valence electrons. The summed E-state index contributed by atoms with van der Waals surface area (Å²) in [5.74, 6) is 1.37. The number of nitrogens with zero attached hydrogens (tertiary/aromatic N) is 1. The normalized spacial score (nSPS) is 16.2. The van der Waals surface area contributed by atoms with Gasteiger partial charge >= 0.3 is 0 Å². The third-order valence-electron chi connectivity index (χ3n) is 2.51. The first-order chi connectivity index (χ1) is 7.72. The summed E-state index contributed by atoms with van der Waals surface area (Å²) in [5.41, 5.74) is 6.21. The van der Waals surface area contributed by atoms with Crippen LogP contribution >= 0.6 is 15.9 Å². The highest BCUT2D eigenvalue weighted by Crippen LogP contribution is 2.32. The highest BCUT2D eigenvalue weighted by atomic mass is 79.9. The molecule has 0 bridgehead atoms. The van der Waals surface area contributed by atoms with E-state index in [1.807, 2.05) is 18.2 Å². The average Bonchev–Trinajstić information content (AvgIpc) is 3.09. The van der Waals surface area contributed by atoms with E-state index in [0.29, 0.717) is 23.8 Å². The third-order valence-corrected chi connectivity index (χ3v) is 3.17. The molecule has 16 heavy (non-hydrogen) atoms. The number of benzene rings is 1. The first-order valence-electron chi connectivity index (χ1n) is 5.11. The van der Waals surface area contributed by atoms with E-state index >= 15 is 0 Å². The number of rotatable bonds is 4. The number of ether oxygens (including phenoxy) is 1. The second-order valence-corrected chi connectivity index (χ2v) is 4.71. The predicted molar refractivity (Wildman–Crippen MR) is 64.9 cm³/mol. The van der Waals surface area contributed by atoms with Gasteiger partial charge in [-0.05, 0) is 46.8 Å². The molecule has 1 aliphatic carbocycles. The van der Waals surface area contributed by atoms with Crippen LogP contribution in [0.4, 0.5) is 0 Å². The maximum absolute atomic E-state index is 8.71. The van der Waals surface area contributed by atoms with E-state index in [9.17, 15) is 0 Å². The SMILES string of the molecule is N/C(=N/O)c1c(Br)cccc1OCC1CC1. The Balaban J connectivity index is 2.23. The van der Waals surface area contributed by atoms with E-state index in [4.69, 9.17) is 15.7 Å². The van der Waals surface area contributed by atoms with Crippen LogP contribution in [0.1, 0.15) is 18.4 Å². The quantitative estimate of drug-likeness (QED) is 0.386. The van der Waals surface area contributed by atoms with Crippen molar-refractivity contribution in [2.75, 3.05) is 6.61 Å². The van der Waals surface area contributed by atoms with Gasteiger partial charge in [-0.15, -0.1) is 0 Å². The minimum absolute atomic E-state index is 0.0540. The van der Waals surface area contributed by atoms with Crippen molar-refractivity contribution in [2.45, 2.75) is 12.8 Å². The zero-order valence-corrected chi connectivity index (χ0v) is 10.3. The lowest BCUT2D eigenvalue weighted by Gasteiger charge is -2.11. The molecule has 0 radical (unpaired) electrons. The number of amidine groups is 1. The summed E-state index contributed by atoms with van der Waals surface area (Å²) in [6.07, 6.45) is 2.46. The van der Waals surface area contributed by atoms with E-state index in [-0.39, 0.29) is 5.84 Å². The first-order valence-corrected chi connectivity index (χ1v) is 5.91. The van der Waals surface area contributed by atoms with Gasteiger partial charge in [-0.3, -0.25) is 0 Å². The molecule has 1 aliphatic rings. The molecule has 4 nitrogen and oxygen atoms in total. The van der Waals surface area contributed by atoms with Crippen molar-refractivity contribution >= 4 is 21.8 Å². The van der Waals surface area contributed by atoms with Crippen LogP contribution in [0.3, 0.4) is 0 Å². The van der Waals surface area contributed by atoms with Gasteiger partial charge in [0.05, 0.1) is 12.2 Å². The Morgan fingerprint density at radius 1 is 1.56 bits per heavy atom. The summed E-state index contributed by atoms with van der Waals surface area (Å²) in [4.78, 5) is 0. The van der Waals surface area contributed by atoms with Gasteiger partial charge in [0.15, 0.2) is 5.84 Å². The Kier molecular flexibility index (Phi) is 3.33. The van der Waals surface area contributed by atoms with E-state index in [1.165, 1.54) is 12.8 Å². The van der Waals surface area contributed by atoms with Crippen LogP contribution in [0.5, 0.6) is 5.75 Å². The summed E-state index contributed by atoms with van der Waals surface area (Å²) in [6, 6.07) is 5.51. The molecule has 0 heterocycles. The summed E-state index contributed by atoms with van der Waals surface area (Å²) >= 11 is 3.36.